The van der Waals surface area contributed by atoms with Crippen LogP contribution in [-0.2, 0) is 28.7 Å². The van der Waals surface area contributed by atoms with E-state index < -0.39 is 29.1 Å². The molecule has 0 aliphatic carbocycles. The zero-order chi connectivity index (χ0) is 23.3. The molecule has 0 atom stereocenters. The number of Topliss-reactive ketones (excluding diaryl/α,β-unsaturated/α-hetero) is 1. The molecule has 31 heavy (non-hydrogen) atoms. The van der Waals surface area contributed by atoms with Crippen LogP contribution >= 0.6 is 0 Å². The normalized spacial score (nSPS) is 15.2. The molecule has 164 valence electrons. The van der Waals surface area contributed by atoms with Gasteiger partial charge in [-0.25, -0.2) is 9.59 Å². The lowest BCUT2D eigenvalue weighted by Gasteiger charge is -2.19. The maximum atomic E-state index is 12.2. The Kier molecular flexibility index (Phi) is 7.30. The SMILES string of the molecule is CCC(=O)Nc1cc(NC(=O)CC)cc(NC(C)=C2C(=O)OC(=O)C(C(C)=O)=C2O)c1. The van der Waals surface area contributed by atoms with Crippen molar-refractivity contribution in [1.29, 1.82) is 0 Å². The first kappa shape index (κ1) is 23.3. The van der Waals surface area contributed by atoms with Gasteiger partial charge in [-0.2, -0.15) is 0 Å². The van der Waals surface area contributed by atoms with Crippen molar-refractivity contribution >= 4 is 46.6 Å². The lowest BCUT2D eigenvalue weighted by Crippen LogP contribution is -2.29. The number of hydrogen-bond acceptors (Lipinski definition) is 8. The van der Waals surface area contributed by atoms with Crippen molar-refractivity contribution in [3.05, 3.63) is 40.8 Å². The molecule has 0 saturated carbocycles. The van der Waals surface area contributed by atoms with Crippen LogP contribution < -0.4 is 16.0 Å². The summed E-state index contributed by atoms with van der Waals surface area (Å²) in [5.74, 6) is -4.38. The molecule has 1 heterocycles. The number of rotatable bonds is 7. The third kappa shape index (κ3) is 5.56. The van der Waals surface area contributed by atoms with Crippen LogP contribution in [0.2, 0.25) is 0 Å². The van der Waals surface area contributed by atoms with Gasteiger partial charge in [0.15, 0.2) is 5.78 Å². The van der Waals surface area contributed by atoms with Crippen LogP contribution in [-0.4, -0.2) is 34.6 Å². The summed E-state index contributed by atoms with van der Waals surface area (Å²) >= 11 is 0. The average Bonchev–Trinajstić information content (AvgIpc) is 2.66. The number of esters is 2. The van der Waals surface area contributed by atoms with Crippen LogP contribution in [0.15, 0.2) is 40.8 Å². The highest BCUT2D eigenvalue weighted by molar-refractivity contribution is 6.23. The molecule has 10 heteroatoms. The van der Waals surface area contributed by atoms with Gasteiger partial charge in [0, 0.05) is 35.6 Å². The molecular formula is C21H23N3O7. The van der Waals surface area contributed by atoms with E-state index in [2.05, 4.69) is 20.7 Å². The maximum absolute atomic E-state index is 12.2. The highest BCUT2D eigenvalue weighted by Crippen LogP contribution is 2.28. The van der Waals surface area contributed by atoms with Crippen molar-refractivity contribution in [1.82, 2.24) is 0 Å². The monoisotopic (exact) mass is 429 g/mol. The third-order valence-electron chi connectivity index (χ3n) is 4.27. The van der Waals surface area contributed by atoms with Crippen molar-refractivity contribution in [2.24, 2.45) is 0 Å². The van der Waals surface area contributed by atoms with Gasteiger partial charge in [-0.3, -0.25) is 14.4 Å². The number of aliphatic hydroxyl groups is 1. The molecule has 4 N–H and O–H groups in total. The van der Waals surface area contributed by atoms with Gasteiger partial charge in [-0.15, -0.1) is 0 Å². The van der Waals surface area contributed by atoms with Gasteiger partial charge in [0.2, 0.25) is 11.8 Å². The van der Waals surface area contributed by atoms with E-state index in [1.807, 2.05) is 0 Å². The summed E-state index contributed by atoms with van der Waals surface area (Å²) in [5, 5.41) is 18.5. The topological polar surface area (TPSA) is 151 Å². The Bertz CT molecular complexity index is 1000. The van der Waals surface area contributed by atoms with Crippen molar-refractivity contribution in [3.63, 3.8) is 0 Å². The molecule has 0 radical (unpaired) electrons. The molecule has 2 amide bonds. The Morgan fingerprint density at radius 3 is 1.71 bits per heavy atom. The smallest absolute Gasteiger partial charge is 0.353 e. The van der Waals surface area contributed by atoms with E-state index in [0.29, 0.717) is 17.1 Å². The molecule has 0 saturated heterocycles. The molecule has 0 unspecified atom stereocenters. The van der Waals surface area contributed by atoms with Gasteiger partial charge >= 0.3 is 11.9 Å². The number of anilines is 3. The molecule has 1 aromatic rings. The van der Waals surface area contributed by atoms with Gasteiger partial charge in [0.25, 0.3) is 0 Å². The van der Waals surface area contributed by atoms with Gasteiger partial charge in [0.05, 0.1) is 0 Å². The minimum atomic E-state index is -1.22. The second-order valence-electron chi connectivity index (χ2n) is 6.68. The average molecular weight is 429 g/mol. The Morgan fingerprint density at radius 2 is 1.29 bits per heavy atom. The van der Waals surface area contributed by atoms with E-state index in [-0.39, 0.29) is 35.9 Å². The number of carbonyl (C=O) groups is 5. The molecule has 0 aromatic heterocycles. The lowest BCUT2D eigenvalue weighted by atomic mass is 10.0. The fourth-order valence-corrected chi connectivity index (χ4v) is 2.77. The van der Waals surface area contributed by atoms with E-state index in [4.69, 9.17) is 0 Å². The largest absolute Gasteiger partial charge is 0.506 e. The Morgan fingerprint density at radius 1 is 0.839 bits per heavy atom. The number of amides is 2. The first-order chi connectivity index (χ1) is 14.6. The Balaban J connectivity index is 2.50. The number of allylic oxidation sites excluding steroid dienone is 1. The minimum absolute atomic E-state index is 0.0838. The highest BCUT2D eigenvalue weighted by Gasteiger charge is 2.36. The number of carbonyl (C=O) groups excluding carboxylic acids is 5. The van der Waals surface area contributed by atoms with Gasteiger partial charge in [-0.1, -0.05) is 13.8 Å². The minimum Gasteiger partial charge on any atom is -0.506 e. The second kappa shape index (κ2) is 9.70. The summed E-state index contributed by atoms with van der Waals surface area (Å²) in [5.41, 5.74) is 0.188. The predicted molar refractivity (Wildman–Crippen MR) is 112 cm³/mol. The first-order valence-corrected chi connectivity index (χ1v) is 9.51. The first-order valence-electron chi connectivity index (χ1n) is 9.51. The van der Waals surface area contributed by atoms with E-state index in [0.717, 1.165) is 6.92 Å². The molecule has 0 spiro atoms. The maximum Gasteiger partial charge on any atom is 0.353 e. The molecule has 0 fully saturated rings. The summed E-state index contributed by atoms with van der Waals surface area (Å²) in [6.07, 6.45) is 0.480. The second-order valence-corrected chi connectivity index (χ2v) is 6.68. The molecule has 2 rings (SSSR count). The number of benzene rings is 1. The quantitative estimate of drug-likeness (QED) is 0.223. The van der Waals surface area contributed by atoms with Crippen LogP contribution in [0.1, 0.15) is 40.5 Å². The Hall–Kier alpha value is -3.95. The zero-order valence-corrected chi connectivity index (χ0v) is 17.5. The van der Waals surface area contributed by atoms with Gasteiger partial charge < -0.3 is 25.8 Å². The highest BCUT2D eigenvalue weighted by atomic mass is 16.6. The molecule has 1 aliphatic rings. The number of cyclic esters (lactones) is 2. The van der Waals surface area contributed by atoms with Crippen LogP contribution in [0.3, 0.4) is 0 Å². The van der Waals surface area contributed by atoms with Crippen molar-refractivity contribution < 1.29 is 33.8 Å². The van der Waals surface area contributed by atoms with Gasteiger partial charge in [0.1, 0.15) is 16.9 Å². The van der Waals surface area contributed by atoms with Crippen LogP contribution in [0.25, 0.3) is 0 Å². The van der Waals surface area contributed by atoms with E-state index in [1.54, 1.807) is 32.0 Å². The summed E-state index contributed by atoms with van der Waals surface area (Å²) in [7, 11) is 0. The number of ketones is 1. The number of hydrogen-bond donors (Lipinski definition) is 4. The summed E-state index contributed by atoms with van der Waals surface area (Å²) in [4.78, 5) is 59.1. The fraction of sp³-hybridized carbons (Fsp3) is 0.286. The van der Waals surface area contributed by atoms with Crippen LogP contribution in [0.4, 0.5) is 17.1 Å². The van der Waals surface area contributed by atoms with Gasteiger partial charge in [-0.05, 0) is 32.0 Å². The van der Waals surface area contributed by atoms with Crippen LogP contribution in [0.5, 0.6) is 0 Å². The fourth-order valence-electron chi connectivity index (χ4n) is 2.77. The van der Waals surface area contributed by atoms with Crippen molar-refractivity contribution in [2.75, 3.05) is 16.0 Å². The zero-order valence-electron chi connectivity index (χ0n) is 17.5. The van der Waals surface area contributed by atoms with Crippen molar-refractivity contribution in [2.45, 2.75) is 40.5 Å². The number of ether oxygens (including phenoxy) is 1. The summed E-state index contributed by atoms with van der Waals surface area (Å²) in [6.45, 7) is 5.86. The third-order valence-corrected chi connectivity index (χ3v) is 4.27. The summed E-state index contributed by atoms with van der Waals surface area (Å²) < 4.78 is 4.56. The van der Waals surface area contributed by atoms with Crippen molar-refractivity contribution in [3.8, 4) is 0 Å². The summed E-state index contributed by atoms with van der Waals surface area (Å²) in [6, 6.07) is 4.66. The molecular weight excluding hydrogens is 406 g/mol. The lowest BCUT2D eigenvalue weighted by molar-refractivity contribution is -0.155. The molecule has 1 aromatic carbocycles. The number of aliphatic hydroxyl groups excluding tert-OH is 1. The number of nitrogens with one attached hydrogen (secondary N) is 3. The molecule has 10 nitrogen and oxygen atoms in total. The predicted octanol–water partition coefficient (Wildman–Crippen LogP) is 2.55. The standard InChI is InChI=1S/C21H23N3O7/c1-5-15(26)23-13-7-12(8-14(9-13)24-16(27)6-2)22-10(3)17-19(28)18(11(4)25)21(30)31-20(17)29/h7-9,22,28H,5-6H2,1-4H3,(H,23,26)(H,24,27). The van der Waals surface area contributed by atoms with E-state index in [9.17, 15) is 29.1 Å². The van der Waals surface area contributed by atoms with E-state index in [1.165, 1.54) is 6.92 Å². The van der Waals surface area contributed by atoms with E-state index >= 15 is 0 Å². The molecule has 0 bridgehead atoms. The Labute approximate surface area is 178 Å². The van der Waals surface area contributed by atoms with Crippen LogP contribution in [0, 0.1) is 0 Å². The molecule has 1 aliphatic heterocycles.